The molecule has 1 nitrogen and oxygen atoms in total. The first-order chi connectivity index (χ1) is 13.3. The molecule has 0 radical (unpaired) electrons. The highest BCUT2D eigenvalue weighted by molar-refractivity contribution is 8.00. The minimum atomic E-state index is 1.04. The van der Waals surface area contributed by atoms with Gasteiger partial charge in [0.15, 0.2) is 0 Å². The smallest absolute Gasteiger partial charge is 0.0583 e. The second-order valence-corrected chi connectivity index (χ2v) is 9.24. The van der Waals surface area contributed by atoms with Gasteiger partial charge in [-0.1, -0.05) is 36.8 Å². The van der Waals surface area contributed by atoms with Crippen LogP contribution in [0.3, 0.4) is 0 Å². The Balaban J connectivity index is 2.11. The zero-order valence-electron chi connectivity index (χ0n) is 18.0. The first kappa shape index (κ1) is 19.1. The van der Waals surface area contributed by atoms with Crippen molar-refractivity contribution in [1.82, 2.24) is 0 Å². The number of fused-ring (bicyclic) bond motifs is 3. The van der Waals surface area contributed by atoms with Crippen LogP contribution < -0.4 is 4.31 Å². The van der Waals surface area contributed by atoms with Gasteiger partial charge in [-0.25, -0.2) is 0 Å². The molecular formula is C26H29NS. The Morgan fingerprint density at radius 3 is 2.11 bits per heavy atom. The lowest BCUT2D eigenvalue weighted by Crippen LogP contribution is -2.17. The molecule has 0 saturated heterocycles. The molecule has 0 amide bonds. The van der Waals surface area contributed by atoms with E-state index in [0.29, 0.717) is 0 Å². The zero-order valence-corrected chi connectivity index (χ0v) is 18.8. The highest BCUT2D eigenvalue weighted by Crippen LogP contribution is 2.52. The van der Waals surface area contributed by atoms with E-state index < -0.39 is 0 Å². The highest BCUT2D eigenvalue weighted by atomic mass is 32.2. The molecule has 4 rings (SSSR count). The van der Waals surface area contributed by atoms with E-state index in [1.807, 2.05) is 11.9 Å². The van der Waals surface area contributed by atoms with Crippen LogP contribution in [0.4, 0.5) is 5.69 Å². The molecule has 0 atom stereocenters. The number of nitrogens with zero attached hydrogens (tertiary/aromatic N) is 1. The van der Waals surface area contributed by atoms with Crippen molar-refractivity contribution < 1.29 is 0 Å². The maximum Gasteiger partial charge on any atom is 0.0583 e. The van der Waals surface area contributed by atoms with Gasteiger partial charge < -0.3 is 4.31 Å². The Labute approximate surface area is 173 Å². The predicted octanol–water partition coefficient (Wildman–Crippen LogP) is 7.58. The van der Waals surface area contributed by atoms with E-state index in [4.69, 9.17) is 0 Å². The summed E-state index contributed by atoms with van der Waals surface area (Å²) in [4.78, 5) is 1.36. The van der Waals surface area contributed by atoms with Gasteiger partial charge in [0.05, 0.1) is 5.69 Å². The van der Waals surface area contributed by atoms with E-state index in [9.17, 15) is 0 Å². The molecule has 1 heterocycles. The molecule has 2 heteroatoms. The van der Waals surface area contributed by atoms with Gasteiger partial charge in [0.1, 0.15) is 0 Å². The number of anilines is 1. The number of hydrogen-bond acceptors (Lipinski definition) is 2. The van der Waals surface area contributed by atoms with Crippen LogP contribution in [0.25, 0.3) is 22.3 Å². The Kier molecular flexibility index (Phi) is 4.79. The zero-order chi connectivity index (χ0) is 20.2. The van der Waals surface area contributed by atoms with Crippen molar-refractivity contribution in [2.24, 2.45) is 0 Å². The second-order valence-electron chi connectivity index (χ2n) is 8.07. The Morgan fingerprint density at radius 2 is 1.46 bits per heavy atom. The van der Waals surface area contributed by atoms with Gasteiger partial charge >= 0.3 is 0 Å². The second kappa shape index (κ2) is 7.00. The Morgan fingerprint density at radius 1 is 0.821 bits per heavy atom. The Bertz CT molecular complexity index is 1080. The molecule has 0 N–H and O–H groups in total. The molecule has 0 bridgehead atoms. The minimum Gasteiger partial charge on any atom is -0.314 e. The van der Waals surface area contributed by atoms with Crippen molar-refractivity contribution in [1.29, 1.82) is 0 Å². The molecule has 144 valence electrons. The van der Waals surface area contributed by atoms with E-state index in [0.717, 1.165) is 6.42 Å². The summed E-state index contributed by atoms with van der Waals surface area (Å²) in [5.74, 6) is 0. The van der Waals surface area contributed by atoms with Gasteiger partial charge in [-0.2, -0.15) is 0 Å². The first-order valence-electron chi connectivity index (χ1n) is 10.1. The van der Waals surface area contributed by atoms with E-state index >= 15 is 0 Å². The van der Waals surface area contributed by atoms with Crippen LogP contribution in [0.5, 0.6) is 0 Å². The summed E-state index contributed by atoms with van der Waals surface area (Å²) in [7, 11) is 2.21. The fraction of sp³-hybridized carbons (Fsp3) is 0.308. The summed E-state index contributed by atoms with van der Waals surface area (Å²) < 4.78 is 2.37. The lowest BCUT2D eigenvalue weighted by molar-refractivity contribution is 1.09. The molecular weight excluding hydrogens is 358 g/mol. The summed E-state index contributed by atoms with van der Waals surface area (Å²) in [5.41, 5.74) is 15.2. The molecule has 3 aromatic carbocycles. The van der Waals surface area contributed by atoms with Gasteiger partial charge in [-0.3, -0.25) is 0 Å². The SMILES string of the molecule is CCc1c(C)c2c(c(C)c1-c1ccc(C)cc1)-c1cc(C)c(C)cc1SN2C. The third-order valence-corrected chi connectivity index (χ3v) is 7.20. The van der Waals surface area contributed by atoms with E-state index in [1.165, 1.54) is 66.2 Å². The average Bonchev–Trinajstić information content (AvgIpc) is 2.66. The van der Waals surface area contributed by atoms with Crippen molar-refractivity contribution in [2.45, 2.75) is 52.9 Å². The van der Waals surface area contributed by atoms with Crippen molar-refractivity contribution in [3.05, 3.63) is 69.8 Å². The molecule has 1 aliphatic rings. The summed E-state index contributed by atoms with van der Waals surface area (Å²) in [5, 5.41) is 0. The molecule has 3 aromatic rings. The molecule has 0 spiro atoms. The van der Waals surface area contributed by atoms with E-state index in [2.05, 4.69) is 89.3 Å². The maximum atomic E-state index is 2.39. The summed E-state index contributed by atoms with van der Waals surface area (Å²) in [6.07, 6.45) is 1.04. The van der Waals surface area contributed by atoms with Crippen LogP contribution in [-0.4, -0.2) is 7.05 Å². The van der Waals surface area contributed by atoms with Crippen molar-refractivity contribution in [2.75, 3.05) is 11.4 Å². The molecule has 0 saturated carbocycles. The minimum absolute atomic E-state index is 1.04. The van der Waals surface area contributed by atoms with Crippen LogP contribution in [-0.2, 0) is 6.42 Å². The molecule has 0 aromatic heterocycles. The normalized spacial score (nSPS) is 12.8. The fourth-order valence-corrected chi connectivity index (χ4v) is 5.68. The number of rotatable bonds is 2. The lowest BCUT2D eigenvalue weighted by Gasteiger charge is -2.34. The predicted molar refractivity (Wildman–Crippen MR) is 125 cm³/mol. The van der Waals surface area contributed by atoms with Crippen molar-refractivity contribution in [3.63, 3.8) is 0 Å². The number of aryl methyl sites for hydroxylation is 3. The van der Waals surface area contributed by atoms with E-state index in [-0.39, 0.29) is 0 Å². The molecule has 0 unspecified atom stereocenters. The Hall–Kier alpha value is -2.19. The van der Waals surface area contributed by atoms with Crippen LogP contribution in [0.15, 0.2) is 41.3 Å². The fourth-order valence-electron chi connectivity index (χ4n) is 4.58. The van der Waals surface area contributed by atoms with Gasteiger partial charge in [0, 0.05) is 17.5 Å². The van der Waals surface area contributed by atoms with Gasteiger partial charge in [0.25, 0.3) is 0 Å². The van der Waals surface area contributed by atoms with E-state index in [1.54, 1.807) is 0 Å². The topological polar surface area (TPSA) is 3.24 Å². The largest absolute Gasteiger partial charge is 0.314 e. The average molecular weight is 388 g/mol. The quantitative estimate of drug-likeness (QED) is 0.417. The van der Waals surface area contributed by atoms with Crippen molar-refractivity contribution >= 4 is 17.6 Å². The summed E-state index contributed by atoms with van der Waals surface area (Å²) in [6, 6.07) is 13.8. The third kappa shape index (κ3) is 2.86. The van der Waals surface area contributed by atoms with Gasteiger partial charge in [-0.05, 0) is 110 Å². The first-order valence-corrected chi connectivity index (χ1v) is 10.9. The molecule has 0 aliphatic carbocycles. The number of benzene rings is 3. The van der Waals surface area contributed by atoms with Crippen LogP contribution in [0.1, 0.15) is 40.3 Å². The van der Waals surface area contributed by atoms with Crippen LogP contribution in [0, 0.1) is 34.6 Å². The highest BCUT2D eigenvalue weighted by Gasteiger charge is 2.28. The van der Waals surface area contributed by atoms with Gasteiger partial charge in [0.2, 0.25) is 0 Å². The molecule has 1 aliphatic heterocycles. The molecule has 28 heavy (non-hydrogen) atoms. The summed E-state index contributed by atoms with van der Waals surface area (Å²) >= 11 is 1.86. The summed E-state index contributed by atoms with van der Waals surface area (Å²) in [6.45, 7) is 13.5. The lowest BCUT2D eigenvalue weighted by atomic mass is 9.83. The van der Waals surface area contributed by atoms with Crippen molar-refractivity contribution in [3.8, 4) is 22.3 Å². The maximum absolute atomic E-state index is 2.39. The van der Waals surface area contributed by atoms with Crippen LogP contribution >= 0.6 is 11.9 Å². The molecule has 0 fully saturated rings. The standard InChI is InChI=1S/C26H29NS/c1-8-21-18(5)26-25(19(6)24(21)20-11-9-15(2)10-12-20)22-13-16(3)17(4)14-23(22)28-27(26)7/h9-14H,8H2,1-7H3. The van der Waals surface area contributed by atoms with Gasteiger partial charge in [-0.15, -0.1) is 0 Å². The third-order valence-electron chi connectivity index (χ3n) is 6.21. The monoisotopic (exact) mass is 387 g/mol. The van der Waals surface area contributed by atoms with Crippen LogP contribution in [0.2, 0.25) is 0 Å². The number of hydrogen-bond donors (Lipinski definition) is 0.